The highest BCUT2D eigenvalue weighted by Crippen LogP contribution is 2.24. The normalized spacial score (nSPS) is 12.5. The molecule has 5 nitrogen and oxygen atoms in total. The molecule has 134 valence electrons. The molecule has 0 saturated carbocycles. The first kappa shape index (κ1) is 19.5. The van der Waals surface area contributed by atoms with E-state index in [1.807, 2.05) is 26.0 Å². The molecule has 0 heterocycles. The van der Waals surface area contributed by atoms with E-state index >= 15 is 0 Å². The average molecular weight is 425 g/mol. The molecule has 2 rings (SSSR count). The van der Waals surface area contributed by atoms with E-state index < -0.39 is 22.0 Å². The average Bonchev–Trinajstić information content (AvgIpc) is 2.49. The van der Waals surface area contributed by atoms with E-state index in [1.165, 1.54) is 0 Å². The summed E-state index contributed by atoms with van der Waals surface area (Å²) in [5.74, 6) is -0.401. The zero-order valence-corrected chi connectivity index (χ0v) is 17.0. The molecule has 0 aromatic heterocycles. The number of sulfonamides is 1. The summed E-state index contributed by atoms with van der Waals surface area (Å²) in [5, 5.41) is 2.76. The molecule has 0 radical (unpaired) electrons. The number of halogens is 1. The van der Waals surface area contributed by atoms with Crippen LogP contribution < -0.4 is 9.62 Å². The summed E-state index contributed by atoms with van der Waals surface area (Å²) in [6, 6.07) is 11.6. The van der Waals surface area contributed by atoms with Crippen molar-refractivity contribution in [2.24, 2.45) is 0 Å². The lowest BCUT2D eigenvalue weighted by molar-refractivity contribution is -0.116. The van der Waals surface area contributed by atoms with Gasteiger partial charge in [0.05, 0.1) is 11.9 Å². The maximum atomic E-state index is 12.6. The van der Waals surface area contributed by atoms with Gasteiger partial charge in [-0.25, -0.2) is 8.42 Å². The number of hydrogen-bond acceptors (Lipinski definition) is 3. The number of amides is 1. The Bertz CT molecular complexity index is 897. The highest BCUT2D eigenvalue weighted by Gasteiger charge is 2.29. The van der Waals surface area contributed by atoms with Crippen LogP contribution in [0.4, 0.5) is 11.4 Å². The Morgan fingerprint density at radius 1 is 1.12 bits per heavy atom. The fourth-order valence-corrected chi connectivity index (χ4v) is 4.05. The molecule has 1 N–H and O–H groups in total. The number of carbonyl (C=O) groups excluding carboxylic acids is 1. The number of rotatable bonds is 5. The van der Waals surface area contributed by atoms with Gasteiger partial charge in [-0.05, 0) is 62.2 Å². The van der Waals surface area contributed by atoms with E-state index in [0.29, 0.717) is 11.4 Å². The topological polar surface area (TPSA) is 66.5 Å². The van der Waals surface area contributed by atoms with Crippen molar-refractivity contribution in [1.29, 1.82) is 0 Å². The molecule has 0 spiro atoms. The van der Waals surface area contributed by atoms with Crippen LogP contribution in [0.25, 0.3) is 0 Å². The Kier molecular flexibility index (Phi) is 5.90. The van der Waals surface area contributed by atoms with Crippen molar-refractivity contribution in [3.05, 3.63) is 58.1 Å². The SMILES string of the molecule is Cc1ccc(N(C(C)C(=O)Nc2cccc(Br)c2)S(C)(=O)=O)cc1C. The van der Waals surface area contributed by atoms with E-state index in [9.17, 15) is 13.2 Å². The van der Waals surface area contributed by atoms with Crippen LogP contribution in [-0.2, 0) is 14.8 Å². The number of nitrogens with zero attached hydrogens (tertiary/aromatic N) is 1. The maximum Gasteiger partial charge on any atom is 0.247 e. The summed E-state index contributed by atoms with van der Waals surface area (Å²) in [6.45, 7) is 5.43. The van der Waals surface area contributed by atoms with Gasteiger partial charge in [0.25, 0.3) is 0 Å². The molecule has 25 heavy (non-hydrogen) atoms. The third kappa shape index (κ3) is 4.83. The van der Waals surface area contributed by atoms with Gasteiger partial charge < -0.3 is 5.32 Å². The van der Waals surface area contributed by atoms with Gasteiger partial charge in [-0.3, -0.25) is 9.10 Å². The lowest BCUT2D eigenvalue weighted by atomic mass is 10.1. The molecular weight excluding hydrogens is 404 g/mol. The van der Waals surface area contributed by atoms with E-state index in [2.05, 4.69) is 21.2 Å². The highest BCUT2D eigenvalue weighted by molar-refractivity contribution is 9.10. The van der Waals surface area contributed by atoms with Crippen LogP contribution in [0.2, 0.25) is 0 Å². The molecule has 2 aromatic carbocycles. The molecule has 0 aliphatic rings. The second-order valence-electron chi connectivity index (χ2n) is 6.00. The predicted molar refractivity (Wildman–Crippen MR) is 105 cm³/mol. The van der Waals surface area contributed by atoms with Crippen LogP contribution in [0.1, 0.15) is 18.1 Å². The van der Waals surface area contributed by atoms with Crippen molar-refractivity contribution in [3.8, 4) is 0 Å². The Hall–Kier alpha value is -1.86. The summed E-state index contributed by atoms with van der Waals surface area (Å²) < 4.78 is 26.6. The smallest absolute Gasteiger partial charge is 0.247 e. The lowest BCUT2D eigenvalue weighted by Crippen LogP contribution is -2.45. The quantitative estimate of drug-likeness (QED) is 0.791. The Morgan fingerprint density at radius 3 is 2.36 bits per heavy atom. The van der Waals surface area contributed by atoms with Crippen molar-refractivity contribution in [3.63, 3.8) is 0 Å². The fraction of sp³-hybridized carbons (Fsp3) is 0.278. The zero-order chi connectivity index (χ0) is 18.8. The largest absolute Gasteiger partial charge is 0.324 e. The summed E-state index contributed by atoms with van der Waals surface area (Å²) >= 11 is 3.34. The van der Waals surface area contributed by atoms with Crippen LogP contribution in [0.3, 0.4) is 0 Å². The van der Waals surface area contributed by atoms with Gasteiger partial charge in [0.1, 0.15) is 6.04 Å². The fourth-order valence-electron chi connectivity index (χ4n) is 2.48. The first-order chi connectivity index (χ1) is 11.6. The maximum absolute atomic E-state index is 12.6. The van der Waals surface area contributed by atoms with Gasteiger partial charge in [0, 0.05) is 10.2 Å². The zero-order valence-electron chi connectivity index (χ0n) is 14.6. The number of carbonyl (C=O) groups is 1. The van der Waals surface area contributed by atoms with Crippen LogP contribution in [0.15, 0.2) is 46.9 Å². The molecule has 1 atom stereocenters. The summed E-state index contributed by atoms with van der Waals surface area (Å²) in [5.41, 5.74) is 3.09. The minimum absolute atomic E-state index is 0.401. The number of benzene rings is 2. The van der Waals surface area contributed by atoms with E-state index in [1.54, 1.807) is 37.3 Å². The molecular formula is C18H21BrN2O3S. The summed E-state index contributed by atoms with van der Waals surface area (Å²) in [6.07, 6.45) is 1.10. The van der Waals surface area contributed by atoms with Gasteiger partial charge in [-0.1, -0.05) is 28.1 Å². The van der Waals surface area contributed by atoms with Crippen LogP contribution >= 0.6 is 15.9 Å². The van der Waals surface area contributed by atoms with E-state index in [0.717, 1.165) is 26.2 Å². The second-order valence-corrected chi connectivity index (χ2v) is 8.78. The van der Waals surface area contributed by atoms with Gasteiger partial charge >= 0.3 is 0 Å². The monoisotopic (exact) mass is 424 g/mol. The highest BCUT2D eigenvalue weighted by atomic mass is 79.9. The summed E-state index contributed by atoms with van der Waals surface area (Å²) in [7, 11) is -3.63. The Morgan fingerprint density at radius 2 is 1.80 bits per heavy atom. The van der Waals surface area contributed by atoms with Crippen molar-refractivity contribution < 1.29 is 13.2 Å². The minimum atomic E-state index is -3.63. The van der Waals surface area contributed by atoms with Crippen LogP contribution in [0, 0.1) is 13.8 Å². The third-order valence-electron chi connectivity index (χ3n) is 3.93. The first-order valence-corrected chi connectivity index (χ1v) is 10.4. The number of hydrogen-bond donors (Lipinski definition) is 1. The standard InChI is InChI=1S/C18H21BrN2O3S/c1-12-8-9-17(10-13(12)2)21(25(4,23)24)14(3)18(22)20-16-7-5-6-15(19)11-16/h5-11,14H,1-4H3,(H,20,22). The van der Waals surface area contributed by atoms with Crippen molar-refractivity contribution in [2.75, 3.05) is 15.9 Å². The molecule has 1 amide bonds. The molecule has 0 fully saturated rings. The Balaban J connectivity index is 2.34. The third-order valence-corrected chi connectivity index (χ3v) is 5.66. The number of anilines is 2. The molecule has 7 heteroatoms. The van der Waals surface area contributed by atoms with Crippen molar-refractivity contribution in [2.45, 2.75) is 26.8 Å². The Labute approximate surface area is 157 Å². The molecule has 0 saturated heterocycles. The van der Waals surface area contributed by atoms with Gasteiger partial charge in [0.2, 0.25) is 15.9 Å². The van der Waals surface area contributed by atoms with Crippen LogP contribution in [0.5, 0.6) is 0 Å². The molecule has 0 bridgehead atoms. The van der Waals surface area contributed by atoms with Gasteiger partial charge in [-0.2, -0.15) is 0 Å². The minimum Gasteiger partial charge on any atom is -0.324 e. The van der Waals surface area contributed by atoms with Gasteiger partial charge in [0.15, 0.2) is 0 Å². The first-order valence-electron chi connectivity index (χ1n) is 7.72. The van der Waals surface area contributed by atoms with Crippen molar-refractivity contribution in [1.82, 2.24) is 0 Å². The summed E-state index contributed by atoms with van der Waals surface area (Å²) in [4.78, 5) is 12.6. The molecule has 0 aliphatic heterocycles. The number of nitrogens with one attached hydrogen (secondary N) is 1. The molecule has 2 aromatic rings. The molecule has 1 unspecified atom stereocenters. The predicted octanol–water partition coefficient (Wildman–Crippen LogP) is 3.86. The van der Waals surface area contributed by atoms with E-state index in [4.69, 9.17) is 0 Å². The van der Waals surface area contributed by atoms with E-state index in [-0.39, 0.29) is 0 Å². The number of aryl methyl sites for hydroxylation is 2. The van der Waals surface area contributed by atoms with Crippen LogP contribution in [-0.4, -0.2) is 26.6 Å². The lowest BCUT2D eigenvalue weighted by Gasteiger charge is -2.28. The van der Waals surface area contributed by atoms with Gasteiger partial charge in [-0.15, -0.1) is 0 Å². The second kappa shape index (κ2) is 7.58. The molecule has 0 aliphatic carbocycles. The van der Waals surface area contributed by atoms with Crippen molar-refractivity contribution >= 4 is 43.2 Å².